The number of carbonyl (C=O) groups is 1. The average Bonchev–Trinajstić information content (AvgIpc) is 3.22. The zero-order valence-corrected chi connectivity index (χ0v) is 41.5. The van der Waals surface area contributed by atoms with Crippen molar-refractivity contribution in [2.75, 3.05) is 54.1 Å². The molecule has 0 aromatic rings. The van der Waals surface area contributed by atoms with Crippen LogP contribution >= 0.6 is 7.82 Å². The van der Waals surface area contributed by atoms with E-state index in [1.807, 2.05) is 21.1 Å². The first-order chi connectivity index (χ1) is 29.6. The lowest BCUT2D eigenvalue weighted by molar-refractivity contribution is -0.870. The van der Waals surface area contributed by atoms with Crippen molar-refractivity contribution in [3.05, 3.63) is 48.6 Å². The Bertz CT molecular complexity index is 1120. The second kappa shape index (κ2) is 45.0. The van der Waals surface area contributed by atoms with E-state index in [9.17, 15) is 14.3 Å². The van der Waals surface area contributed by atoms with Gasteiger partial charge < -0.3 is 18.9 Å². The van der Waals surface area contributed by atoms with E-state index in [0.717, 1.165) is 57.8 Å². The highest BCUT2D eigenvalue weighted by Crippen LogP contribution is 2.43. The number of quaternary nitrogens is 1. The zero-order chi connectivity index (χ0) is 44.8. The van der Waals surface area contributed by atoms with Gasteiger partial charge in [-0.05, 0) is 44.9 Å². The van der Waals surface area contributed by atoms with Crippen LogP contribution in [-0.4, -0.2) is 75.6 Å². The first-order valence-electron chi connectivity index (χ1n) is 25.4. The molecule has 9 heteroatoms. The summed E-state index contributed by atoms with van der Waals surface area (Å²) in [5.41, 5.74) is 0. The van der Waals surface area contributed by atoms with Crippen molar-refractivity contribution >= 4 is 13.8 Å². The summed E-state index contributed by atoms with van der Waals surface area (Å²) in [6.45, 7) is 5.38. The van der Waals surface area contributed by atoms with E-state index in [1.165, 1.54) is 141 Å². The van der Waals surface area contributed by atoms with Gasteiger partial charge in [0, 0.05) is 13.0 Å². The Morgan fingerprint density at radius 2 is 0.934 bits per heavy atom. The van der Waals surface area contributed by atoms with Gasteiger partial charge >= 0.3 is 13.8 Å². The number of phosphoric ester groups is 1. The number of hydrogen-bond acceptors (Lipinski definition) is 6. The van der Waals surface area contributed by atoms with E-state index >= 15 is 0 Å². The van der Waals surface area contributed by atoms with E-state index in [2.05, 4.69) is 62.5 Å². The lowest BCUT2D eigenvalue weighted by atomic mass is 10.0. The summed E-state index contributed by atoms with van der Waals surface area (Å²) in [5.74, 6) is -0.329. The van der Waals surface area contributed by atoms with E-state index in [1.54, 1.807) is 0 Å². The van der Waals surface area contributed by atoms with Gasteiger partial charge in [0.25, 0.3) is 0 Å². The molecule has 0 aromatic heterocycles. The molecule has 0 radical (unpaired) electrons. The topological polar surface area (TPSA) is 91.3 Å². The van der Waals surface area contributed by atoms with Crippen molar-refractivity contribution in [2.45, 2.75) is 225 Å². The van der Waals surface area contributed by atoms with Gasteiger partial charge in [0.1, 0.15) is 19.3 Å². The fourth-order valence-electron chi connectivity index (χ4n) is 7.03. The van der Waals surface area contributed by atoms with Crippen molar-refractivity contribution < 1.29 is 37.3 Å². The van der Waals surface area contributed by atoms with Gasteiger partial charge in [-0.1, -0.05) is 217 Å². The molecule has 0 heterocycles. The summed E-state index contributed by atoms with van der Waals surface area (Å²) in [6.07, 6.45) is 56.2. The minimum absolute atomic E-state index is 0.0785. The maximum absolute atomic E-state index is 12.7. The molecule has 61 heavy (non-hydrogen) atoms. The van der Waals surface area contributed by atoms with Gasteiger partial charge in [-0.2, -0.15) is 0 Å². The maximum atomic E-state index is 12.7. The maximum Gasteiger partial charge on any atom is 0.472 e. The lowest BCUT2D eigenvalue weighted by Gasteiger charge is -2.24. The van der Waals surface area contributed by atoms with Crippen molar-refractivity contribution in [1.82, 2.24) is 0 Å². The van der Waals surface area contributed by atoms with Crippen LogP contribution in [-0.2, 0) is 27.9 Å². The van der Waals surface area contributed by atoms with Crippen LogP contribution in [0.2, 0.25) is 0 Å². The van der Waals surface area contributed by atoms with Gasteiger partial charge in [-0.25, -0.2) is 4.57 Å². The molecular formula is C52H99NO7P+. The van der Waals surface area contributed by atoms with E-state index < -0.39 is 13.9 Å². The van der Waals surface area contributed by atoms with Crippen LogP contribution in [0.1, 0.15) is 219 Å². The number of hydrogen-bond donors (Lipinski definition) is 1. The number of carbonyl (C=O) groups excluding carboxylic acids is 1. The smallest absolute Gasteiger partial charge is 0.457 e. The summed E-state index contributed by atoms with van der Waals surface area (Å²) in [5, 5.41) is 0. The third-order valence-corrected chi connectivity index (χ3v) is 11.9. The number of nitrogens with zero attached hydrogens (tertiary/aromatic N) is 1. The Morgan fingerprint density at radius 3 is 1.36 bits per heavy atom. The molecule has 0 aliphatic heterocycles. The highest BCUT2D eigenvalue weighted by atomic mass is 31.2. The summed E-state index contributed by atoms with van der Waals surface area (Å²) < 4.78 is 35.0. The predicted molar refractivity (Wildman–Crippen MR) is 261 cm³/mol. The van der Waals surface area contributed by atoms with Crippen LogP contribution < -0.4 is 0 Å². The largest absolute Gasteiger partial charge is 0.472 e. The molecule has 2 unspecified atom stereocenters. The molecule has 0 aliphatic rings. The molecule has 1 N–H and O–H groups in total. The highest BCUT2D eigenvalue weighted by molar-refractivity contribution is 7.47. The van der Waals surface area contributed by atoms with E-state index in [4.69, 9.17) is 18.5 Å². The summed E-state index contributed by atoms with van der Waals surface area (Å²) >= 11 is 0. The molecule has 0 saturated carbocycles. The quantitative estimate of drug-likeness (QED) is 0.0214. The Labute approximate surface area is 378 Å². The monoisotopic (exact) mass is 881 g/mol. The second-order valence-corrected chi connectivity index (χ2v) is 19.6. The summed E-state index contributed by atoms with van der Waals surface area (Å²) in [4.78, 5) is 23.0. The van der Waals surface area contributed by atoms with Gasteiger partial charge in [0.05, 0.1) is 34.4 Å². The first kappa shape index (κ1) is 59.5. The fourth-order valence-corrected chi connectivity index (χ4v) is 7.77. The van der Waals surface area contributed by atoms with Crippen molar-refractivity contribution in [3.8, 4) is 0 Å². The molecule has 0 amide bonds. The van der Waals surface area contributed by atoms with E-state index in [0.29, 0.717) is 24.1 Å². The van der Waals surface area contributed by atoms with Crippen molar-refractivity contribution in [2.24, 2.45) is 0 Å². The molecule has 0 aromatic carbocycles. The lowest BCUT2D eigenvalue weighted by Crippen LogP contribution is -2.37. The minimum Gasteiger partial charge on any atom is -0.457 e. The number of unbranched alkanes of at least 4 members (excludes halogenated alkanes) is 25. The predicted octanol–water partition coefficient (Wildman–Crippen LogP) is 15.5. The molecule has 8 nitrogen and oxygen atoms in total. The third kappa shape index (κ3) is 49.3. The van der Waals surface area contributed by atoms with Crippen LogP contribution in [0.25, 0.3) is 0 Å². The number of esters is 1. The number of likely N-dealkylation sites (N-methyl/N-ethyl adjacent to an activating group) is 1. The molecule has 0 bridgehead atoms. The average molecular weight is 881 g/mol. The van der Waals surface area contributed by atoms with Crippen LogP contribution in [0.5, 0.6) is 0 Å². The Balaban J connectivity index is 4.09. The van der Waals surface area contributed by atoms with Crippen LogP contribution in [0, 0.1) is 0 Å². The number of phosphoric acid groups is 1. The molecule has 0 spiro atoms. The Kier molecular flexibility index (Phi) is 43.9. The normalized spacial score (nSPS) is 14.0. The van der Waals surface area contributed by atoms with Crippen LogP contribution in [0.4, 0.5) is 0 Å². The number of rotatable bonds is 47. The second-order valence-electron chi connectivity index (χ2n) is 18.2. The van der Waals surface area contributed by atoms with Gasteiger partial charge in [-0.15, -0.1) is 0 Å². The molecule has 358 valence electrons. The highest BCUT2D eigenvalue weighted by Gasteiger charge is 2.26. The number of ether oxygens (including phenoxy) is 2. The third-order valence-electron chi connectivity index (χ3n) is 10.9. The standard InChI is InChI=1S/C52H98NO7P/c1-6-8-10-12-14-16-18-20-22-23-24-25-26-27-28-29-30-31-32-33-35-37-39-41-43-45-52(54)60-51(50-59-61(55,56)58-48-46-53(3,4)5)49-57-47-44-42-40-38-36-34-21-19-17-15-13-11-9-7-2/h9,11,15,17,21,34,38,40,51H,6-8,10,12-14,16,18-20,22-33,35-37,39,41-50H2,1-5H3/p+1/b11-9-,17-15-,34-21-,40-38-. The van der Waals surface area contributed by atoms with E-state index in [-0.39, 0.29) is 25.8 Å². The molecule has 0 aliphatic carbocycles. The first-order valence-corrected chi connectivity index (χ1v) is 26.9. The Hall–Kier alpha value is -1.54. The van der Waals surface area contributed by atoms with Crippen molar-refractivity contribution in [3.63, 3.8) is 0 Å². The fraction of sp³-hybridized carbons (Fsp3) is 0.827. The minimum atomic E-state index is -4.29. The molecule has 0 rings (SSSR count). The number of allylic oxidation sites excluding steroid dienone is 8. The molecule has 2 atom stereocenters. The van der Waals surface area contributed by atoms with Crippen LogP contribution in [0.15, 0.2) is 48.6 Å². The molecule has 0 saturated heterocycles. The molecule has 0 fully saturated rings. The SMILES string of the molecule is CC/C=C\C/C=C\C/C=C\C/C=C\CCCOCC(COP(=O)(O)OCC[N+](C)(C)C)OC(=O)CCCCCCCCCCCCCCCCCCCCCCCCCCC. The summed E-state index contributed by atoms with van der Waals surface area (Å²) in [7, 11) is 1.64. The van der Waals surface area contributed by atoms with Gasteiger partial charge in [0.15, 0.2) is 0 Å². The Morgan fingerprint density at radius 1 is 0.525 bits per heavy atom. The summed E-state index contributed by atoms with van der Waals surface area (Å²) in [6, 6.07) is 0. The van der Waals surface area contributed by atoms with Gasteiger partial charge in [-0.3, -0.25) is 13.8 Å². The van der Waals surface area contributed by atoms with Crippen LogP contribution in [0.3, 0.4) is 0 Å². The van der Waals surface area contributed by atoms with Crippen molar-refractivity contribution in [1.29, 1.82) is 0 Å². The van der Waals surface area contributed by atoms with Gasteiger partial charge in [0.2, 0.25) is 0 Å². The zero-order valence-electron chi connectivity index (χ0n) is 40.7. The molecular weight excluding hydrogens is 782 g/mol.